The molecule has 1 nitrogen and oxygen atoms in total. The molecule has 0 atom stereocenters. The summed E-state index contributed by atoms with van der Waals surface area (Å²) in [5.74, 6) is 1.71. The Morgan fingerprint density at radius 1 is 0.258 bits per heavy atom. The van der Waals surface area contributed by atoms with Crippen molar-refractivity contribution in [3.63, 3.8) is 0 Å². The lowest BCUT2D eigenvalue weighted by molar-refractivity contribution is 0.483. The summed E-state index contributed by atoms with van der Waals surface area (Å²) in [5.41, 5.74) is 4.96. The van der Waals surface area contributed by atoms with Crippen molar-refractivity contribution in [2.45, 2.75) is 0 Å². The summed E-state index contributed by atoms with van der Waals surface area (Å²) in [6.07, 6.45) is 0. The van der Waals surface area contributed by atoms with Gasteiger partial charge in [-0.05, 0) is 46.5 Å². The number of hydrogen-bond acceptors (Lipinski definition) is 1. The van der Waals surface area contributed by atoms with E-state index in [9.17, 15) is 0 Å². The van der Waals surface area contributed by atoms with E-state index in [4.69, 9.17) is 4.74 Å². The first-order valence-corrected chi connectivity index (χ1v) is 10.4. The van der Waals surface area contributed by atoms with Gasteiger partial charge in [0, 0.05) is 0 Å². The molecule has 0 fully saturated rings. The molecular formula is C30H24O. The van der Waals surface area contributed by atoms with Crippen LogP contribution in [0.4, 0.5) is 0 Å². The molecule has 0 aliphatic carbocycles. The van der Waals surface area contributed by atoms with Crippen LogP contribution in [0.1, 0.15) is 0 Å². The van der Waals surface area contributed by atoms with Crippen LogP contribution in [0.5, 0.6) is 11.5 Å². The minimum absolute atomic E-state index is 0.853. The Bertz CT molecular complexity index is 1110. The normalized spacial score (nSPS) is 9.94. The van der Waals surface area contributed by atoms with Crippen LogP contribution in [-0.4, -0.2) is 0 Å². The van der Waals surface area contributed by atoms with Crippen LogP contribution in [0.2, 0.25) is 0 Å². The van der Waals surface area contributed by atoms with E-state index in [1.165, 1.54) is 22.3 Å². The topological polar surface area (TPSA) is 9.23 Å². The van der Waals surface area contributed by atoms with Gasteiger partial charge < -0.3 is 4.74 Å². The van der Waals surface area contributed by atoms with Gasteiger partial charge in [0.2, 0.25) is 0 Å². The molecule has 0 aliphatic rings. The number of benzene rings is 5. The zero-order valence-corrected chi connectivity index (χ0v) is 17.3. The second-order valence-electron chi connectivity index (χ2n) is 7.04. The lowest BCUT2D eigenvalue weighted by Crippen LogP contribution is -1.83. The Labute approximate surface area is 184 Å². The first-order chi connectivity index (χ1) is 15.4. The third kappa shape index (κ3) is 5.94. The van der Waals surface area contributed by atoms with E-state index in [0.29, 0.717) is 0 Å². The Kier molecular flexibility index (Phi) is 6.91. The monoisotopic (exact) mass is 400 g/mol. The molecule has 0 saturated carbocycles. The van der Waals surface area contributed by atoms with Gasteiger partial charge in [-0.1, -0.05) is 121 Å². The maximum atomic E-state index is 5.77. The van der Waals surface area contributed by atoms with E-state index in [2.05, 4.69) is 72.8 Å². The van der Waals surface area contributed by atoms with Crippen LogP contribution >= 0.6 is 0 Å². The van der Waals surface area contributed by atoms with Gasteiger partial charge in [-0.15, -0.1) is 0 Å². The largest absolute Gasteiger partial charge is 0.457 e. The molecule has 0 heterocycles. The molecule has 0 unspecified atom stereocenters. The summed E-state index contributed by atoms with van der Waals surface area (Å²) < 4.78 is 5.77. The van der Waals surface area contributed by atoms with Crippen molar-refractivity contribution in [2.24, 2.45) is 0 Å². The average Bonchev–Trinajstić information content (AvgIpc) is 2.87. The summed E-state index contributed by atoms with van der Waals surface area (Å²) in [4.78, 5) is 0. The van der Waals surface area contributed by atoms with E-state index in [-0.39, 0.29) is 0 Å². The van der Waals surface area contributed by atoms with Crippen LogP contribution in [-0.2, 0) is 0 Å². The van der Waals surface area contributed by atoms with Gasteiger partial charge in [0.05, 0.1) is 0 Å². The van der Waals surface area contributed by atoms with Crippen LogP contribution in [0, 0.1) is 0 Å². The molecule has 0 saturated heterocycles. The molecule has 0 bridgehead atoms. The van der Waals surface area contributed by atoms with Gasteiger partial charge in [-0.2, -0.15) is 0 Å². The van der Waals surface area contributed by atoms with Crippen molar-refractivity contribution in [2.75, 3.05) is 0 Å². The quantitative estimate of drug-likeness (QED) is 0.294. The average molecular weight is 401 g/mol. The summed E-state index contributed by atoms with van der Waals surface area (Å²) in [6, 6.07) is 49.1. The van der Waals surface area contributed by atoms with Gasteiger partial charge in [0.15, 0.2) is 0 Å². The second kappa shape index (κ2) is 10.6. The maximum absolute atomic E-state index is 5.77. The fourth-order valence-corrected chi connectivity index (χ4v) is 3.23. The summed E-state index contributed by atoms with van der Waals surface area (Å²) in [5, 5.41) is 0. The van der Waals surface area contributed by atoms with Crippen molar-refractivity contribution in [1.82, 2.24) is 0 Å². The number of para-hydroxylation sites is 1. The highest BCUT2D eigenvalue weighted by Crippen LogP contribution is 2.25. The van der Waals surface area contributed by atoms with Gasteiger partial charge in [0.25, 0.3) is 0 Å². The lowest BCUT2D eigenvalue weighted by Gasteiger charge is -2.06. The van der Waals surface area contributed by atoms with E-state index < -0.39 is 0 Å². The first kappa shape index (κ1) is 20.2. The van der Waals surface area contributed by atoms with Gasteiger partial charge >= 0.3 is 0 Å². The first-order valence-electron chi connectivity index (χ1n) is 10.4. The molecule has 31 heavy (non-hydrogen) atoms. The maximum Gasteiger partial charge on any atom is 0.127 e. The van der Waals surface area contributed by atoms with E-state index in [1.54, 1.807) is 0 Å². The standard InChI is InChI=1S/C18H14O.C12H10/c1-3-7-15(8-4-1)16-11-13-18(14-12-16)19-17-9-5-2-6-10-17;1-3-7-11(8-4-1)12-9-5-2-6-10-12/h1-14H;1-10H. The molecule has 0 N–H and O–H groups in total. The minimum Gasteiger partial charge on any atom is -0.457 e. The molecule has 0 amide bonds. The van der Waals surface area contributed by atoms with Gasteiger partial charge in [0.1, 0.15) is 11.5 Å². The smallest absolute Gasteiger partial charge is 0.127 e. The van der Waals surface area contributed by atoms with Crippen LogP contribution in [0.15, 0.2) is 146 Å². The van der Waals surface area contributed by atoms with E-state index in [0.717, 1.165) is 11.5 Å². The van der Waals surface area contributed by atoms with Crippen molar-refractivity contribution in [1.29, 1.82) is 0 Å². The fourth-order valence-electron chi connectivity index (χ4n) is 3.23. The molecule has 150 valence electrons. The summed E-state index contributed by atoms with van der Waals surface area (Å²) in [7, 11) is 0. The number of rotatable bonds is 4. The molecular weight excluding hydrogens is 376 g/mol. The predicted molar refractivity (Wildman–Crippen MR) is 130 cm³/mol. The Morgan fingerprint density at radius 2 is 0.548 bits per heavy atom. The van der Waals surface area contributed by atoms with Gasteiger partial charge in [-0.25, -0.2) is 0 Å². The number of hydrogen-bond donors (Lipinski definition) is 0. The van der Waals surface area contributed by atoms with Crippen LogP contribution in [0.3, 0.4) is 0 Å². The van der Waals surface area contributed by atoms with Crippen LogP contribution in [0.25, 0.3) is 22.3 Å². The third-order valence-electron chi connectivity index (χ3n) is 4.82. The van der Waals surface area contributed by atoms with Crippen molar-refractivity contribution in [3.05, 3.63) is 146 Å². The van der Waals surface area contributed by atoms with E-state index >= 15 is 0 Å². The summed E-state index contributed by atoms with van der Waals surface area (Å²) >= 11 is 0. The molecule has 0 aliphatic heterocycles. The lowest BCUT2D eigenvalue weighted by atomic mass is 10.1. The molecule has 5 rings (SSSR count). The Hall–Kier alpha value is -4.10. The van der Waals surface area contributed by atoms with E-state index in [1.807, 2.05) is 72.8 Å². The van der Waals surface area contributed by atoms with Crippen molar-refractivity contribution < 1.29 is 4.74 Å². The van der Waals surface area contributed by atoms with Crippen LogP contribution < -0.4 is 4.74 Å². The minimum atomic E-state index is 0.853. The number of ether oxygens (including phenoxy) is 1. The molecule has 1 heteroatoms. The highest BCUT2D eigenvalue weighted by atomic mass is 16.5. The summed E-state index contributed by atoms with van der Waals surface area (Å²) in [6.45, 7) is 0. The highest BCUT2D eigenvalue weighted by molar-refractivity contribution is 5.64. The predicted octanol–water partition coefficient (Wildman–Crippen LogP) is 8.50. The molecule has 0 radical (unpaired) electrons. The molecule has 5 aromatic rings. The Morgan fingerprint density at radius 3 is 0.935 bits per heavy atom. The highest BCUT2D eigenvalue weighted by Gasteiger charge is 1.99. The second-order valence-corrected chi connectivity index (χ2v) is 7.04. The SMILES string of the molecule is c1ccc(-c2ccccc2)cc1.c1ccc(Oc2ccc(-c3ccccc3)cc2)cc1. The fraction of sp³-hybridized carbons (Fsp3) is 0. The third-order valence-corrected chi connectivity index (χ3v) is 4.82. The molecule has 5 aromatic carbocycles. The van der Waals surface area contributed by atoms with Crippen molar-refractivity contribution in [3.8, 4) is 33.8 Å². The molecule has 0 aromatic heterocycles. The van der Waals surface area contributed by atoms with Gasteiger partial charge in [-0.3, -0.25) is 0 Å². The zero-order chi connectivity index (χ0) is 21.1. The van der Waals surface area contributed by atoms with Crippen molar-refractivity contribution >= 4 is 0 Å². The molecule has 0 spiro atoms. The zero-order valence-electron chi connectivity index (χ0n) is 17.3. The Balaban J connectivity index is 0.000000166.